The van der Waals surface area contributed by atoms with E-state index in [-0.39, 0.29) is 5.60 Å². The highest BCUT2D eigenvalue weighted by Gasteiger charge is 2.15. The number of pyridine rings is 1. The van der Waals surface area contributed by atoms with Gasteiger partial charge in [0.15, 0.2) is 5.88 Å². The van der Waals surface area contributed by atoms with Crippen molar-refractivity contribution in [1.29, 1.82) is 0 Å². The largest absolute Gasteiger partial charge is 0.496 e. The van der Waals surface area contributed by atoms with Gasteiger partial charge in [0.2, 0.25) is 5.96 Å². The quantitative estimate of drug-likeness (QED) is 0.256. The normalized spacial score (nSPS) is 11.5. The minimum absolute atomic E-state index is 0.275. The molecule has 194 valence electrons. The van der Waals surface area contributed by atoms with E-state index in [2.05, 4.69) is 52.0 Å². The van der Waals surface area contributed by atoms with Gasteiger partial charge in [-0.2, -0.15) is 0 Å². The fraction of sp³-hybridized carbons (Fsp3) is 0.393. The molecule has 2 aromatic rings. The monoisotopic (exact) mass is 492 g/mol. The van der Waals surface area contributed by atoms with Gasteiger partial charge in [-0.05, 0) is 76.4 Å². The number of nitrogens with zero attached hydrogens (tertiary/aromatic N) is 5. The van der Waals surface area contributed by atoms with Gasteiger partial charge in [-0.15, -0.1) is 0 Å². The number of hydrogen-bond acceptors (Lipinski definition) is 6. The molecule has 0 radical (unpaired) electrons. The fourth-order valence-electron chi connectivity index (χ4n) is 3.31. The van der Waals surface area contributed by atoms with Gasteiger partial charge in [0, 0.05) is 44.6 Å². The molecule has 0 spiro atoms. The molecule has 8 heteroatoms. The summed E-state index contributed by atoms with van der Waals surface area (Å²) in [5.41, 5.74) is 2.99. The smallest absolute Gasteiger partial charge is 0.227 e. The molecule has 0 aliphatic carbocycles. The number of aliphatic imine (C=N–C) groups is 2. The van der Waals surface area contributed by atoms with Gasteiger partial charge in [-0.3, -0.25) is 0 Å². The highest BCUT2D eigenvalue weighted by Crippen LogP contribution is 2.24. The van der Waals surface area contributed by atoms with Crippen LogP contribution in [0.5, 0.6) is 5.75 Å². The molecular formula is C28H40N6O2. The maximum absolute atomic E-state index is 5.83. The van der Waals surface area contributed by atoms with Crippen LogP contribution >= 0.6 is 0 Å². The second-order valence-electron chi connectivity index (χ2n) is 9.40. The summed E-state index contributed by atoms with van der Waals surface area (Å²) >= 11 is 0. The van der Waals surface area contributed by atoms with Crippen molar-refractivity contribution >= 4 is 29.9 Å². The molecule has 1 aromatic heterocycles. The van der Waals surface area contributed by atoms with Gasteiger partial charge in [-0.1, -0.05) is 13.5 Å². The highest BCUT2D eigenvalue weighted by molar-refractivity contribution is 5.99. The Morgan fingerprint density at radius 2 is 1.83 bits per heavy atom. The van der Waals surface area contributed by atoms with Crippen LogP contribution in [0.3, 0.4) is 0 Å². The summed E-state index contributed by atoms with van der Waals surface area (Å²) in [6, 6.07) is 9.73. The van der Waals surface area contributed by atoms with Gasteiger partial charge in [0.05, 0.1) is 12.8 Å². The number of hydrogen-bond donors (Lipinski definition) is 1. The lowest BCUT2D eigenvalue weighted by molar-refractivity contribution is 0.0102. The first-order chi connectivity index (χ1) is 17.0. The number of benzene rings is 1. The van der Waals surface area contributed by atoms with E-state index in [9.17, 15) is 0 Å². The van der Waals surface area contributed by atoms with Crippen LogP contribution in [0.2, 0.25) is 0 Å². The Labute approximate surface area is 216 Å². The van der Waals surface area contributed by atoms with E-state index in [1.54, 1.807) is 13.3 Å². The van der Waals surface area contributed by atoms with Crippen molar-refractivity contribution in [2.24, 2.45) is 9.98 Å². The van der Waals surface area contributed by atoms with Crippen molar-refractivity contribution < 1.29 is 9.47 Å². The van der Waals surface area contributed by atoms with Gasteiger partial charge in [-0.25, -0.2) is 15.0 Å². The standard InChI is InChI=1S/C28H40N6O2/c1-11-22-18-24(13-14-25(22)35-10)32-27(29-7)31-20(2)23-12-15-26(30-19-23)34(9)17-16-33(8)21(3)36-28(4,5)6/h12-15,18-19H,2-3,7,11,16-17H2,1,4-6,8-10H3,(H,31,32). The summed E-state index contributed by atoms with van der Waals surface area (Å²) in [4.78, 5) is 17.2. The first-order valence-corrected chi connectivity index (χ1v) is 11.9. The molecule has 0 bridgehead atoms. The molecule has 0 aliphatic rings. The van der Waals surface area contributed by atoms with Gasteiger partial charge >= 0.3 is 0 Å². The average Bonchev–Trinajstić information content (AvgIpc) is 2.85. The van der Waals surface area contributed by atoms with Crippen molar-refractivity contribution in [2.75, 3.05) is 44.5 Å². The van der Waals surface area contributed by atoms with Gasteiger partial charge < -0.3 is 24.6 Å². The summed E-state index contributed by atoms with van der Waals surface area (Å²) in [6.45, 7) is 21.3. The number of rotatable bonds is 11. The number of methoxy groups -OCH3 is 1. The van der Waals surface area contributed by atoms with Crippen molar-refractivity contribution in [3.63, 3.8) is 0 Å². The van der Waals surface area contributed by atoms with E-state index >= 15 is 0 Å². The molecule has 0 saturated heterocycles. The molecule has 36 heavy (non-hydrogen) atoms. The van der Waals surface area contributed by atoms with E-state index in [1.165, 1.54) is 0 Å². The first-order valence-electron chi connectivity index (χ1n) is 11.9. The predicted octanol–water partition coefficient (Wildman–Crippen LogP) is 5.45. The SMILES string of the molecule is C=NC(=NC(=C)c1ccc(N(C)CCN(C)C(=C)OC(C)(C)C)nc1)Nc1ccc(OC)c(CC)c1. The third-order valence-electron chi connectivity index (χ3n) is 5.40. The van der Waals surface area contributed by atoms with E-state index in [1.807, 2.05) is 70.1 Å². The Morgan fingerprint density at radius 3 is 2.39 bits per heavy atom. The molecule has 0 saturated carbocycles. The van der Waals surface area contributed by atoms with E-state index < -0.39 is 0 Å². The summed E-state index contributed by atoms with van der Waals surface area (Å²) < 4.78 is 11.2. The average molecular weight is 493 g/mol. The fourth-order valence-corrected chi connectivity index (χ4v) is 3.31. The summed E-state index contributed by atoms with van der Waals surface area (Å²) in [7, 11) is 5.63. The Morgan fingerprint density at radius 1 is 1.11 bits per heavy atom. The third-order valence-corrected chi connectivity index (χ3v) is 5.40. The lowest BCUT2D eigenvalue weighted by Crippen LogP contribution is -2.33. The minimum atomic E-state index is -0.275. The Kier molecular flexibility index (Phi) is 10.1. The lowest BCUT2D eigenvalue weighted by atomic mass is 10.1. The van der Waals surface area contributed by atoms with Crippen LogP contribution in [0.1, 0.15) is 38.8 Å². The molecule has 0 fully saturated rings. The topological polar surface area (TPSA) is 74.6 Å². The zero-order chi connectivity index (χ0) is 26.9. The Bertz CT molecular complexity index is 1090. The number of anilines is 2. The molecule has 0 atom stereocenters. The minimum Gasteiger partial charge on any atom is -0.496 e. The summed E-state index contributed by atoms with van der Waals surface area (Å²) in [5, 5.41) is 3.19. The highest BCUT2D eigenvalue weighted by atomic mass is 16.5. The molecule has 1 aromatic carbocycles. The first kappa shape index (κ1) is 28.4. The number of aromatic nitrogens is 1. The van der Waals surface area contributed by atoms with Crippen molar-refractivity contribution in [2.45, 2.75) is 39.7 Å². The van der Waals surface area contributed by atoms with E-state index in [0.29, 0.717) is 17.5 Å². The maximum atomic E-state index is 5.83. The lowest BCUT2D eigenvalue weighted by Gasteiger charge is -2.30. The van der Waals surface area contributed by atoms with Crippen LogP contribution < -0.4 is 15.0 Å². The predicted molar refractivity (Wildman–Crippen MR) is 152 cm³/mol. The zero-order valence-corrected chi connectivity index (χ0v) is 22.8. The van der Waals surface area contributed by atoms with Crippen molar-refractivity contribution in [3.8, 4) is 5.75 Å². The van der Waals surface area contributed by atoms with Gasteiger partial charge in [0.25, 0.3) is 0 Å². The molecule has 8 nitrogen and oxygen atoms in total. The number of guanidine groups is 1. The van der Waals surface area contributed by atoms with Crippen molar-refractivity contribution in [3.05, 3.63) is 66.7 Å². The van der Waals surface area contributed by atoms with E-state index in [0.717, 1.165) is 47.9 Å². The Hall–Kier alpha value is -3.81. The van der Waals surface area contributed by atoms with Crippen LogP contribution in [-0.4, -0.2) is 62.5 Å². The number of likely N-dealkylation sites (N-methyl/N-ethyl adjacent to an activating group) is 2. The molecular weight excluding hydrogens is 452 g/mol. The second-order valence-corrected chi connectivity index (χ2v) is 9.40. The molecule has 0 amide bonds. The van der Waals surface area contributed by atoms with Crippen LogP contribution in [0, 0.1) is 0 Å². The van der Waals surface area contributed by atoms with E-state index in [4.69, 9.17) is 9.47 Å². The summed E-state index contributed by atoms with van der Waals surface area (Å²) in [6.07, 6.45) is 2.61. The molecule has 0 aliphatic heterocycles. The van der Waals surface area contributed by atoms with Crippen LogP contribution in [0.15, 0.2) is 65.6 Å². The van der Waals surface area contributed by atoms with Crippen LogP contribution in [0.25, 0.3) is 5.70 Å². The molecule has 0 unspecified atom stereocenters. The van der Waals surface area contributed by atoms with Gasteiger partial charge in [0.1, 0.15) is 17.2 Å². The molecule has 1 N–H and O–H groups in total. The molecule has 1 heterocycles. The number of aryl methyl sites for hydroxylation is 1. The van der Waals surface area contributed by atoms with Crippen LogP contribution in [-0.2, 0) is 11.2 Å². The number of nitrogens with one attached hydrogen (secondary N) is 1. The number of ether oxygens (including phenoxy) is 2. The van der Waals surface area contributed by atoms with Crippen molar-refractivity contribution in [1.82, 2.24) is 9.88 Å². The summed E-state index contributed by atoms with van der Waals surface area (Å²) in [5.74, 6) is 2.70. The zero-order valence-electron chi connectivity index (χ0n) is 22.8. The third kappa shape index (κ3) is 8.45. The Balaban J connectivity index is 2.01. The molecule has 2 rings (SSSR count). The van der Waals surface area contributed by atoms with Crippen LogP contribution in [0.4, 0.5) is 11.5 Å². The maximum Gasteiger partial charge on any atom is 0.227 e. The second kappa shape index (κ2) is 12.8.